The minimum atomic E-state index is -0.456. The lowest BCUT2D eigenvalue weighted by Crippen LogP contribution is -2.01. The summed E-state index contributed by atoms with van der Waals surface area (Å²) in [6, 6.07) is 20.2. The van der Waals surface area contributed by atoms with Crippen molar-refractivity contribution < 1.29 is 9.72 Å². The van der Waals surface area contributed by atoms with Crippen LogP contribution in [0.2, 0.25) is 10.0 Å². The lowest BCUT2D eigenvalue weighted by Gasteiger charge is -2.08. The van der Waals surface area contributed by atoms with Crippen LogP contribution in [0.4, 0.5) is 5.69 Å². The van der Waals surface area contributed by atoms with Gasteiger partial charge in [-0.05, 0) is 65.7 Å². The molecule has 0 saturated carbocycles. The highest BCUT2D eigenvalue weighted by Crippen LogP contribution is 2.28. The maximum Gasteiger partial charge on any atom is 0.269 e. The molecule has 0 unspecified atom stereocenters. The van der Waals surface area contributed by atoms with Crippen molar-refractivity contribution in [2.24, 2.45) is 0 Å². The lowest BCUT2D eigenvalue weighted by atomic mass is 10.1. The molecule has 0 aliphatic carbocycles. The summed E-state index contributed by atoms with van der Waals surface area (Å²) < 4.78 is 0. The number of ketones is 1. The number of nitrogens with zero attached hydrogens (tertiary/aromatic N) is 1. The molecule has 0 bridgehead atoms. The molecule has 0 amide bonds. The Kier molecular flexibility index (Phi) is 7.09. The number of benzene rings is 3. The smallest absolute Gasteiger partial charge is 0.269 e. The number of nitro groups is 1. The third-order valence-corrected chi connectivity index (χ3v) is 5.64. The van der Waals surface area contributed by atoms with E-state index in [0.29, 0.717) is 31.8 Å². The van der Waals surface area contributed by atoms with Crippen LogP contribution < -0.4 is 0 Å². The van der Waals surface area contributed by atoms with E-state index in [0.717, 1.165) is 5.56 Å². The van der Waals surface area contributed by atoms with E-state index in [-0.39, 0.29) is 11.5 Å². The van der Waals surface area contributed by atoms with Crippen LogP contribution in [0.25, 0.3) is 6.08 Å². The minimum absolute atomic E-state index is 0.00143. The van der Waals surface area contributed by atoms with Crippen molar-refractivity contribution in [3.8, 4) is 0 Å². The summed E-state index contributed by atoms with van der Waals surface area (Å²) in [5.41, 5.74) is 2.25. The van der Waals surface area contributed by atoms with E-state index in [4.69, 9.17) is 23.2 Å². The maximum atomic E-state index is 13.0. The predicted molar refractivity (Wildman–Crippen MR) is 120 cm³/mol. The van der Waals surface area contributed by atoms with Crippen molar-refractivity contribution in [2.45, 2.75) is 5.75 Å². The van der Waals surface area contributed by atoms with E-state index in [2.05, 4.69) is 0 Å². The van der Waals surface area contributed by atoms with E-state index >= 15 is 0 Å². The number of rotatable bonds is 7. The van der Waals surface area contributed by atoms with Gasteiger partial charge in [-0.25, -0.2) is 0 Å². The Morgan fingerprint density at radius 2 is 1.45 bits per heavy atom. The van der Waals surface area contributed by atoms with Crippen LogP contribution in [0.15, 0.2) is 77.7 Å². The fraction of sp³-hybridized carbons (Fsp3) is 0.0455. The Labute approximate surface area is 182 Å². The molecule has 4 nitrogen and oxygen atoms in total. The molecule has 0 radical (unpaired) electrons. The van der Waals surface area contributed by atoms with Crippen molar-refractivity contribution in [1.29, 1.82) is 0 Å². The maximum absolute atomic E-state index is 13.0. The van der Waals surface area contributed by atoms with Crippen LogP contribution in [-0.2, 0) is 5.75 Å². The van der Waals surface area contributed by atoms with E-state index in [1.54, 1.807) is 54.6 Å². The first-order valence-electron chi connectivity index (χ1n) is 8.56. The average Bonchev–Trinajstić information content (AvgIpc) is 2.72. The fourth-order valence-corrected chi connectivity index (χ4v) is 3.74. The molecule has 0 aliphatic rings. The number of hydrogen-bond acceptors (Lipinski definition) is 4. The zero-order valence-electron chi connectivity index (χ0n) is 15.0. The number of non-ortho nitro benzene ring substituents is 1. The number of carbonyl (C=O) groups excluding carboxylic acids is 1. The molecule has 0 fully saturated rings. The summed E-state index contributed by atoms with van der Waals surface area (Å²) in [7, 11) is 0. The zero-order valence-corrected chi connectivity index (χ0v) is 17.4. The highest BCUT2D eigenvalue weighted by molar-refractivity contribution is 8.03. The summed E-state index contributed by atoms with van der Waals surface area (Å²) in [4.78, 5) is 24.0. The Bertz CT molecular complexity index is 1050. The highest BCUT2D eigenvalue weighted by Gasteiger charge is 2.14. The first kappa shape index (κ1) is 21.1. The largest absolute Gasteiger partial charge is 0.288 e. The Balaban J connectivity index is 1.88. The Morgan fingerprint density at radius 3 is 2.00 bits per heavy atom. The van der Waals surface area contributed by atoms with Gasteiger partial charge in [-0.15, -0.1) is 11.8 Å². The summed E-state index contributed by atoms with van der Waals surface area (Å²) in [6.45, 7) is 0. The molecule has 0 aromatic heterocycles. The number of thioether (sulfide) groups is 1. The van der Waals surface area contributed by atoms with Gasteiger partial charge in [-0.3, -0.25) is 14.9 Å². The molecule has 0 aliphatic heterocycles. The topological polar surface area (TPSA) is 60.2 Å². The van der Waals surface area contributed by atoms with E-state index < -0.39 is 4.92 Å². The first-order valence-corrected chi connectivity index (χ1v) is 10.3. The van der Waals surface area contributed by atoms with Crippen LogP contribution in [-0.4, -0.2) is 10.7 Å². The molecule has 0 saturated heterocycles. The molecule has 0 spiro atoms. The van der Waals surface area contributed by atoms with Gasteiger partial charge in [0, 0.05) is 33.5 Å². The third kappa shape index (κ3) is 5.94. The van der Waals surface area contributed by atoms with Gasteiger partial charge < -0.3 is 0 Å². The highest BCUT2D eigenvalue weighted by atomic mass is 35.5. The van der Waals surface area contributed by atoms with E-state index in [9.17, 15) is 14.9 Å². The van der Waals surface area contributed by atoms with E-state index in [1.165, 1.54) is 23.9 Å². The molecule has 29 heavy (non-hydrogen) atoms. The van der Waals surface area contributed by atoms with Crippen LogP contribution in [0, 0.1) is 10.1 Å². The predicted octanol–water partition coefficient (Wildman–Crippen LogP) is 7.06. The van der Waals surface area contributed by atoms with Crippen molar-refractivity contribution in [3.63, 3.8) is 0 Å². The molecule has 3 aromatic rings. The standard InChI is InChI=1S/C22H15Cl2NO3S/c23-18-7-1-16(2-8-18)14-29-21(22(26)17-5-9-19(24)10-6-17)13-15-3-11-20(12-4-15)25(27)28/h1-13H,14H2/b21-13+. The molecular weight excluding hydrogens is 429 g/mol. The van der Waals surface area contributed by atoms with Gasteiger partial charge in [0.05, 0.1) is 9.83 Å². The molecule has 146 valence electrons. The van der Waals surface area contributed by atoms with Gasteiger partial charge in [0.25, 0.3) is 5.69 Å². The number of hydrogen-bond donors (Lipinski definition) is 0. The second kappa shape index (κ2) is 9.74. The summed E-state index contributed by atoms with van der Waals surface area (Å²) in [6.07, 6.45) is 1.74. The SMILES string of the molecule is O=C(/C(=C\c1ccc([N+](=O)[O-])cc1)SCc1ccc(Cl)cc1)c1ccc(Cl)cc1. The monoisotopic (exact) mass is 443 g/mol. The summed E-state index contributed by atoms with van der Waals surface area (Å²) >= 11 is 13.2. The fourth-order valence-electron chi connectivity index (χ4n) is 2.50. The first-order chi connectivity index (χ1) is 13.9. The number of halogens is 2. The number of carbonyl (C=O) groups is 1. The molecule has 0 atom stereocenters. The van der Waals surface area contributed by atoms with Gasteiger partial charge in [-0.1, -0.05) is 35.3 Å². The van der Waals surface area contributed by atoms with Crippen LogP contribution >= 0.6 is 35.0 Å². The normalized spacial score (nSPS) is 11.3. The molecule has 3 rings (SSSR count). The van der Waals surface area contributed by atoms with Crippen molar-refractivity contribution in [3.05, 3.63) is 115 Å². The van der Waals surface area contributed by atoms with Crippen LogP contribution in [0.5, 0.6) is 0 Å². The van der Waals surface area contributed by atoms with Crippen molar-refractivity contribution in [1.82, 2.24) is 0 Å². The molecule has 0 heterocycles. The van der Waals surface area contributed by atoms with Crippen LogP contribution in [0.1, 0.15) is 21.5 Å². The molecule has 7 heteroatoms. The minimum Gasteiger partial charge on any atom is -0.288 e. The van der Waals surface area contributed by atoms with Gasteiger partial charge in [0.1, 0.15) is 0 Å². The quantitative estimate of drug-likeness (QED) is 0.169. The number of nitro benzene ring substituents is 1. The lowest BCUT2D eigenvalue weighted by molar-refractivity contribution is -0.384. The summed E-state index contributed by atoms with van der Waals surface area (Å²) in [5, 5.41) is 12.1. The van der Waals surface area contributed by atoms with Crippen molar-refractivity contribution in [2.75, 3.05) is 0 Å². The molecular formula is C22H15Cl2NO3S. The molecule has 3 aromatic carbocycles. The molecule has 0 N–H and O–H groups in total. The van der Waals surface area contributed by atoms with E-state index in [1.807, 2.05) is 12.1 Å². The Morgan fingerprint density at radius 1 is 0.897 bits per heavy atom. The Hall–Kier alpha value is -2.60. The van der Waals surface area contributed by atoms with Gasteiger partial charge in [-0.2, -0.15) is 0 Å². The van der Waals surface area contributed by atoms with Crippen LogP contribution in [0.3, 0.4) is 0 Å². The number of allylic oxidation sites excluding steroid dienone is 1. The zero-order chi connectivity index (χ0) is 20.8. The van der Waals surface area contributed by atoms with Gasteiger partial charge >= 0.3 is 0 Å². The summed E-state index contributed by atoms with van der Waals surface area (Å²) in [5.74, 6) is 0.439. The third-order valence-electron chi connectivity index (χ3n) is 4.04. The van der Waals surface area contributed by atoms with Crippen molar-refractivity contribution >= 4 is 52.5 Å². The number of Topliss-reactive ketones (excluding diaryl/α,β-unsaturated/α-hetero) is 1. The van der Waals surface area contributed by atoms with Gasteiger partial charge in [0.2, 0.25) is 0 Å². The second-order valence-electron chi connectivity index (χ2n) is 6.11. The average molecular weight is 444 g/mol. The van der Waals surface area contributed by atoms with Gasteiger partial charge in [0.15, 0.2) is 5.78 Å². The second-order valence-corrected chi connectivity index (χ2v) is 8.00.